The van der Waals surface area contributed by atoms with Crippen molar-refractivity contribution in [2.75, 3.05) is 26.2 Å². The second-order valence-electron chi connectivity index (χ2n) is 11.3. The Hall–Kier alpha value is -4.11. The summed E-state index contributed by atoms with van der Waals surface area (Å²) in [6, 6.07) is 12.9. The summed E-state index contributed by atoms with van der Waals surface area (Å²) in [6.07, 6.45) is 11.6. The minimum absolute atomic E-state index is 0.175. The van der Waals surface area contributed by atoms with E-state index in [1.807, 2.05) is 39.9 Å². The minimum atomic E-state index is -0.571. The van der Waals surface area contributed by atoms with E-state index in [1.165, 1.54) is 17.3 Å². The summed E-state index contributed by atoms with van der Waals surface area (Å²) >= 11 is 0. The lowest BCUT2D eigenvalue weighted by atomic mass is 9.71. The second-order valence-corrected chi connectivity index (χ2v) is 11.3. The highest BCUT2D eigenvalue weighted by atomic mass is 16.2. The van der Waals surface area contributed by atoms with E-state index in [0.29, 0.717) is 17.9 Å². The quantitative estimate of drug-likeness (QED) is 0.432. The zero-order chi connectivity index (χ0) is 26.6. The molecule has 0 saturated carbocycles. The van der Waals surface area contributed by atoms with Gasteiger partial charge in [0.05, 0.1) is 30.2 Å². The first-order chi connectivity index (χ1) is 19.0. The smallest absolute Gasteiger partial charge is 0.268 e. The van der Waals surface area contributed by atoms with Gasteiger partial charge < -0.3 is 15.0 Å². The molecule has 3 aliphatic rings. The van der Waals surface area contributed by atoms with Crippen molar-refractivity contribution >= 4 is 17.5 Å². The molecule has 5 heterocycles. The minimum Gasteiger partial charge on any atom is -0.364 e. The molecule has 9 heteroatoms. The molecule has 1 aromatic carbocycles. The van der Waals surface area contributed by atoms with Gasteiger partial charge in [0.1, 0.15) is 11.3 Å². The molecule has 2 amide bonds. The molecule has 2 fully saturated rings. The van der Waals surface area contributed by atoms with Crippen molar-refractivity contribution in [1.82, 2.24) is 29.2 Å². The van der Waals surface area contributed by atoms with Gasteiger partial charge in [-0.1, -0.05) is 18.2 Å². The number of likely N-dealkylation sites (tertiary alicyclic amines) is 2. The van der Waals surface area contributed by atoms with Crippen LogP contribution in [0.15, 0.2) is 61.2 Å². The van der Waals surface area contributed by atoms with Crippen LogP contribution in [0.2, 0.25) is 0 Å². The summed E-state index contributed by atoms with van der Waals surface area (Å²) in [6.45, 7) is 3.88. The predicted octanol–water partition coefficient (Wildman–Crippen LogP) is 3.04. The van der Waals surface area contributed by atoms with Crippen molar-refractivity contribution in [2.45, 2.75) is 38.1 Å². The molecule has 0 bridgehead atoms. The maximum Gasteiger partial charge on any atom is 0.268 e. The Morgan fingerprint density at radius 1 is 1.05 bits per heavy atom. The fourth-order valence-corrected chi connectivity index (χ4v) is 6.66. The largest absolute Gasteiger partial charge is 0.364 e. The van der Waals surface area contributed by atoms with E-state index in [9.17, 15) is 9.59 Å². The van der Waals surface area contributed by atoms with Crippen molar-refractivity contribution in [2.24, 2.45) is 11.1 Å². The lowest BCUT2D eigenvalue weighted by molar-refractivity contribution is -0.136. The van der Waals surface area contributed by atoms with E-state index in [4.69, 9.17) is 5.73 Å². The van der Waals surface area contributed by atoms with Gasteiger partial charge in [0.2, 0.25) is 5.91 Å². The molecule has 39 heavy (non-hydrogen) atoms. The van der Waals surface area contributed by atoms with Crippen LogP contribution in [0.25, 0.3) is 16.9 Å². The van der Waals surface area contributed by atoms with Crippen LogP contribution in [-0.2, 0) is 17.6 Å². The molecule has 9 nitrogen and oxygen atoms in total. The van der Waals surface area contributed by atoms with Gasteiger partial charge in [-0.05, 0) is 60.4 Å². The van der Waals surface area contributed by atoms with Gasteiger partial charge in [-0.3, -0.25) is 19.5 Å². The standard InChI is InChI=1S/C30H31N7O2/c31-29(39)25-16-32-24(15-33-25)21-4-6-23-20(13-21)5-7-26(23)37-18-30(19-37)8-11-35(12-9-30)28(38)14-22-17-36-10-2-1-3-27(36)34-22/h1-4,6,10,13,15-17,26H,5,7-9,11-12,14,18-19H2,(H2,31,39). The van der Waals surface area contributed by atoms with E-state index >= 15 is 0 Å². The zero-order valence-corrected chi connectivity index (χ0v) is 21.8. The van der Waals surface area contributed by atoms with Crippen molar-refractivity contribution in [3.8, 4) is 11.3 Å². The van der Waals surface area contributed by atoms with Gasteiger partial charge in [-0.25, -0.2) is 9.97 Å². The number of aromatic nitrogens is 4. The fourth-order valence-electron chi connectivity index (χ4n) is 6.66. The van der Waals surface area contributed by atoms with Crippen molar-refractivity contribution in [3.63, 3.8) is 0 Å². The topological polar surface area (TPSA) is 110 Å². The number of primary amides is 1. The van der Waals surface area contributed by atoms with E-state index in [0.717, 1.165) is 74.5 Å². The van der Waals surface area contributed by atoms with Crippen LogP contribution in [0.1, 0.15) is 52.6 Å². The number of carbonyl (C=O) groups excluding carboxylic acids is 2. The van der Waals surface area contributed by atoms with Gasteiger partial charge in [-0.15, -0.1) is 0 Å². The number of imidazole rings is 1. The number of hydrogen-bond donors (Lipinski definition) is 1. The Kier molecular flexibility index (Phi) is 5.70. The van der Waals surface area contributed by atoms with Gasteiger partial charge in [-0.2, -0.15) is 0 Å². The SMILES string of the molecule is NC(=O)c1cnc(-c2ccc3c(c2)CCC3N2CC3(CCN(C(=O)Cc4cn5ccccc5n4)CC3)C2)cn1. The van der Waals surface area contributed by atoms with Crippen molar-refractivity contribution < 1.29 is 9.59 Å². The van der Waals surface area contributed by atoms with Crippen LogP contribution >= 0.6 is 0 Å². The van der Waals surface area contributed by atoms with Crippen LogP contribution in [0, 0.1) is 5.41 Å². The summed E-state index contributed by atoms with van der Waals surface area (Å²) in [7, 11) is 0. The van der Waals surface area contributed by atoms with Crippen LogP contribution < -0.4 is 5.73 Å². The molecule has 1 atom stereocenters. The molecule has 1 aliphatic carbocycles. The molecule has 198 valence electrons. The lowest BCUT2D eigenvalue weighted by Gasteiger charge is -2.56. The number of amides is 2. The molecular weight excluding hydrogens is 490 g/mol. The third kappa shape index (κ3) is 4.36. The third-order valence-corrected chi connectivity index (χ3v) is 8.83. The number of fused-ring (bicyclic) bond motifs is 2. The molecule has 2 aliphatic heterocycles. The first-order valence-electron chi connectivity index (χ1n) is 13.7. The summed E-state index contributed by atoms with van der Waals surface area (Å²) in [4.78, 5) is 42.0. The van der Waals surface area contributed by atoms with E-state index in [-0.39, 0.29) is 11.6 Å². The lowest BCUT2D eigenvalue weighted by Crippen LogP contribution is -2.61. The molecule has 4 aromatic rings. The number of rotatable bonds is 5. The van der Waals surface area contributed by atoms with Crippen LogP contribution in [-0.4, -0.2) is 67.1 Å². The Balaban J connectivity index is 0.949. The van der Waals surface area contributed by atoms with E-state index in [1.54, 1.807) is 6.20 Å². The molecule has 1 unspecified atom stereocenters. The van der Waals surface area contributed by atoms with Gasteiger partial charge in [0.25, 0.3) is 5.91 Å². The number of piperidine rings is 1. The molecule has 2 saturated heterocycles. The first-order valence-corrected chi connectivity index (χ1v) is 13.7. The van der Waals surface area contributed by atoms with E-state index < -0.39 is 5.91 Å². The zero-order valence-electron chi connectivity index (χ0n) is 21.8. The fraction of sp³-hybridized carbons (Fsp3) is 0.367. The molecule has 2 N–H and O–H groups in total. The highest BCUT2D eigenvalue weighted by molar-refractivity contribution is 5.90. The van der Waals surface area contributed by atoms with Crippen LogP contribution in [0.3, 0.4) is 0 Å². The highest BCUT2D eigenvalue weighted by Crippen LogP contribution is 2.48. The van der Waals surface area contributed by atoms with Crippen LogP contribution in [0.4, 0.5) is 0 Å². The van der Waals surface area contributed by atoms with Gasteiger partial charge >= 0.3 is 0 Å². The number of carbonyl (C=O) groups is 2. The normalized spacial score (nSPS) is 20.2. The van der Waals surface area contributed by atoms with Gasteiger partial charge in [0.15, 0.2) is 0 Å². The van der Waals surface area contributed by atoms with Gasteiger partial charge in [0, 0.05) is 50.2 Å². The third-order valence-electron chi connectivity index (χ3n) is 8.83. The molecule has 1 spiro atoms. The number of nitrogens with zero attached hydrogens (tertiary/aromatic N) is 6. The summed E-state index contributed by atoms with van der Waals surface area (Å²) < 4.78 is 1.97. The Bertz CT molecular complexity index is 1530. The van der Waals surface area contributed by atoms with E-state index in [2.05, 4.69) is 38.1 Å². The maximum absolute atomic E-state index is 13.0. The monoisotopic (exact) mass is 521 g/mol. The molecule has 7 rings (SSSR count). The second kappa shape index (κ2) is 9.27. The maximum atomic E-state index is 13.0. The Labute approximate surface area is 226 Å². The predicted molar refractivity (Wildman–Crippen MR) is 146 cm³/mol. The Morgan fingerprint density at radius 2 is 1.90 bits per heavy atom. The number of aryl methyl sites for hydroxylation is 1. The number of pyridine rings is 1. The van der Waals surface area contributed by atoms with Crippen molar-refractivity contribution in [3.05, 3.63) is 83.7 Å². The van der Waals surface area contributed by atoms with Crippen LogP contribution in [0.5, 0.6) is 0 Å². The summed E-state index contributed by atoms with van der Waals surface area (Å²) in [5.74, 6) is -0.391. The average molecular weight is 522 g/mol. The Morgan fingerprint density at radius 3 is 2.64 bits per heavy atom. The molecule has 3 aromatic heterocycles. The molecular formula is C30H31N7O2. The summed E-state index contributed by atoms with van der Waals surface area (Å²) in [5.41, 5.74) is 12.0. The first kappa shape index (κ1) is 24.0. The number of hydrogen-bond acceptors (Lipinski definition) is 6. The number of nitrogens with two attached hydrogens (primary N) is 1. The number of benzene rings is 1. The average Bonchev–Trinajstić information content (AvgIpc) is 3.55. The molecule has 0 radical (unpaired) electrons. The van der Waals surface area contributed by atoms with Crippen molar-refractivity contribution in [1.29, 1.82) is 0 Å². The summed E-state index contributed by atoms with van der Waals surface area (Å²) in [5, 5.41) is 0. The highest BCUT2D eigenvalue weighted by Gasteiger charge is 2.48.